The first-order chi connectivity index (χ1) is 5.36. The monoisotopic (exact) mass is 171 g/mol. The molecule has 5 heteroatoms. The topological polar surface area (TPSA) is 43.2 Å². The zero-order chi connectivity index (χ0) is 7.68. The van der Waals surface area contributed by atoms with Gasteiger partial charge in [-0.15, -0.1) is 10.2 Å². The van der Waals surface area contributed by atoms with Crippen LogP contribution in [0.2, 0.25) is 0 Å². The Morgan fingerprint density at radius 3 is 3.27 bits per heavy atom. The molecule has 4 nitrogen and oxygen atoms in total. The molecule has 1 saturated heterocycles. The van der Waals surface area contributed by atoms with Crippen molar-refractivity contribution in [1.82, 2.24) is 14.8 Å². The molecule has 1 atom stereocenters. The van der Waals surface area contributed by atoms with Gasteiger partial charge in [0.05, 0.1) is 12.7 Å². The van der Waals surface area contributed by atoms with E-state index in [1.807, 2.05) is 11.6 Å². The Morgan fingerprint density at radius 1 is 1.91 bits per heavy atom. The van der Waals surface area contributed by atoms with Crippen molar-refractivity contribution in [3.63, 3.8) is 0 Å². The van der Waals surface area contributed by atoms with Gasteiger partial charge in [0.15, 0.2) is 5.16 Å². The largest absolute Gasteiger partial charge is 0.372 e. The maximum atomic E-state index is 5.07. The average molecular weight is 171 g/mol. The first-order valence-electron chi connectivity index (χ1n) is 3.44. The lowest BCUT2D eigenvalue weighted by molar-refractivity contribution is 0.426. The number of ether oxygens (including phenoxy) is 1. The fraction of sp³-hybridized carbons (Fsp3) is 0.667. The van der Waals surface area contributed by atoms with Crippen molar-refractivity contribution in [2.45, 2.75) is 11.3 Å². The van der Waals surface area contributed by atoms with Crippen LogP contribution in [0.4, 0.5) is 0 Å². The summed E-state index contributed by atoms with van der Waals surface area (Å²) in [6, 6.07) is 0. The summed E-state index contributed by atoms with van der Waals surface area (Å²) in [5.74, 6) is 0.993. The lowest BCUT2D eigenvalue weighted by Crippen LogP contribution is -1.94. The highest BCUT2D eigenvalue weighted by molar-refractivity contribution is 7.99. The number of aromatic nitrogens is 3. The number of aryl methyl sites for hydroxylation is 1. The Morgan fingerprint density at radius 2 is 2.73 bits per heavy atom. The fourth-order valence-electron chi connectivity index (χ4n) is 0.735. The quantitative estimate of drug-likeness (QED) is 0.485. The zero-order valence-corrected chi connectivity index (χ0v) is 7.04. The SMILES string of the molecule is Cn1cnnc1SCC1CO1. The molecule has 0 saturated carbocycles. The van der Waals surface area contributed by atoms with Gasteiger partial charge in [-0.25, -0.2) is 0 Å². The van der Waals surface area contributed by atoms with Crippen molar-refractivity contribution in [2.24, 2.45) is 7.05 Å². The summed E-state index contributed by atoms with van der Waals surface area (Å²) in [6.45, 7) is 0.908. The molecule has 1 aromatic heterocycles. The summed E-state index contributed by atoms with van der Waals surface area (Å²) < 4.78 is 6.98. The van der Waals surface area contributed by atoms with Gasteiger partial charge in [0, 0.05) is 12.8 Å². The van der Waals surface area contributed by atoms with Gasteiger partial charge in [0.2, 0.25) is 0 Å². The maximum Gasteiger partial charge on any atom is 0.190 e. The van der Waals surface area contributed by atoms with Crippen molar-refractivity contribution in [2.75, 3.05) is 12.4 Å². The highest BCUT2D eigenvalue weighted by atomic mass is 32.2. The normalized spacial score (nSPS) is 22.1. The molecule has 0 spiro atoms. The molecule has 2 heterocycles. The number of epoxide rings is 1. The van der Waals surface area contributed by atoms with E-state index in [0.717, 1.165) is 17.5 Å². The van der Waals surface area contributed by atoms with Crippen LogP contribution >= 0.6 is 11.8 Å². The second-order valence-electron chi connectivity index (χ2n) is 2.49. The fourth-order valence-corrected chi connectivity index (χ4v) is 1.62. The van der Waals surface area contributed by atoms with Crippen molar-refractivity contribution < 1.29 is 4.74 Å². The van der Waals surface area contributed by atoms with Crippen LogP contribution in [0, 0.1) is 0 Å². The standard InChI is InChI=1S/C6H9N3OS/c1-9-4-7-8-6(9)11-3-5-2-10-5/h4-5H,2-3H2,1H3. The van der Waals surface area contributed by atoms with E-state index in [9.17, 15) is 0 Å². The summed E-state index contributed by atoms with van der Waals surface area (Å²) in [4.78, 5) is 0. The summed E-state index contributed by atoms with van der Waals surface area (Å²) in [5.41, 5.74) is 0. The third-order valence-corrected chi connectivity index (χ3v) is 2.64. The first-order valence-corrected chi connectivity index (χ1v) is 4.43. The smallest absolute Gasteiger partial charge is 0.190 e. The molecule has 1 unspecified atom stereocenters. The molecule has 60 valence electrons. The summed E-state index contributed by atoms with van der Waals surface area (Å²) in [7, 11) is 1.94. The third-order valence-electron chi connectivity index (χ3n) is 1.47. The Kier molecular flexibility index (Phi) is 1.83. The summed E-state index contributed by atoms with van der Waals surface area (Å²) >= 11 is 1.69. The van der Waals surface area contributed by atoms with E-state index < -0.39 is 0 Å². The molecule has 11 heavy (non-hydrogen) atoms. The average Bonchev–Trinajstić information content (AvgIpc) is 2.73. The number of hydrogen-bond donors (Lipinski definition) is 0. The van der Waals surface area contributed by atoms with E-state index in [-0.39, 0.29) is 0 Å². The molecule has 0 radical (unpaired) electrons. The maximum absolute atomic E-state index is 5.07. The third kappa shape index (κ3) is 1.72. The van der Waals surface area contributed by atoms with Gasteiger partial charge in [-0.3, -0.25) is 0 Å². The molecule has 1 aliphatic heterocycles. The first kappa shape index (κ1) is 7.12. The predicted molar refractivity (Wildman–Crippen MR) is 41.5 cm³/mol. The molecule has 0 aliphatic carbocycles. The molecule has 0 N–H and O–H groups in total. The van der Waals surface area contributed by atoms with E-state index >= 15 is 0 Å². The second kappa shape index (κ2) is 2.83. The molecule has 2 rings (SSSR count). The number of thioether (sulfide) groups is 1. The van der Waals surface area contributed by atoms with Gasteiger partial charge in [0.1, 0.15) is 6.33 Å². The van der Waals surface area contributed by atoms with Gasteiger partial charge >= 0.3 is 0 Å². The van der Waals surface area contributed by atoms with Crippen LogP contribution in [0.5, 0.6) is 0 Å². The summed E-state index contributed by atoms with van der Waals surface area (Å²) in [5, 5.41) is 8.67. The Balaban J connectivity index is 1.89. The van der Waals surface area contributed by atoms with E-state index in [1.54, 1.807) is 18.1 Å². The van der Waals surface area contributed by atoms with E-state index in [1.165, 1.54) is 0 Å². The van der Waals surface area contributed by atoms with Crippen molar-refractivity contribution in [3.05, 3.63) is 6.33 Å². The van der Waals surface area contributed by atoms with Crippen LogP contribution in [0.25, 0.3) is 0 Å². The summed E-state index contributed by atoms with van der Waals surface area (Å²) in [6.07, 6.45) is 2.16. The molecular formula is C6H9N3OS. The van der Waals surface area contributed by atoms with E-state index in [4.69, 9.17) is 4.74 Å². The van der Waals surface area contributed by atoms with E-state index in [0.29, 0.717) is 6.10 Å². The van der Waals surface area contributed by atoms with Crippen molar-refractivity contribution in [1.29, 1.82) is 0 Å². The highest BCUT2D eigenvalue weighted by Crippen LogP contribution is 2.21. The van der Waals surface area contributed by atoms with Crippen LogP contribution in [0.15, 0.2) is 11.5 Å². The van der Waals surface area contributed by atoms with Crippen molar-refractivity contribution in [3.8, 4) is 0 Å². The molecule has 1 aliphatic rings. The van der Waals surface area contributed by atoms with Crippen molar-refractivity contribution >= 4 is 11.8 Å². The Hall–Kier alpha value is -0.550. The molecule has 0 bridgehead atoms. The Labute approximate surface area is 68.9 Å². The van der Waals surface area contributed by atoms with Crippen LogP contribution in [-0.2, 0) is 11.8 Å². The second-order valence-corrected chi connectivity index (χ2v) is 3.48. The molecule has 0 amide bonds. The number of hydrogen-bond acceptors (Lipinski definition) is 4. The lowest BCUT2D eigenvalue weighted by atomic mass is 10.6. The van der Waals surface area contributed by atoms with E-state index in [2.05, 4.69) is 10.2 Å². The van der Waals surface area contributed by atoms with Gasteiger partial charge in [0.25, 0.3) is 0 Å². The minimum absolute atomic E-state index is 0.455. The van der Waals surface area contributed by atoms with Gasteiger partial charge in [-0.05, 0) is 0 Å². The molecule has 1 fully saturated rings. The molecule has 0 aromatic carbocycles. The minimum Gasteiger partial charge on any atom is -0.372 e. The molecule has 1 aromatic rings. The van der Waals surface area contributed by atoms with Crippen LogP contribution in [0.1, 0.15) is 0 Å². The Bertz CT molecular complexity index is 246. The van der Waals surface area contributed by atoms with Crippen LogP contribution < -0.4 is 0 Å². The predicted octanol–water partition coefficient (Wildman–Crippen LogP) is 0.306. The lowest BCUT2D eigenvalue weighted by Gasteiger charge is -1.95. The molecular weight excluding hydrogens is 162 g/mol. The number of nitrogens with zero attached hydrogens (tertiary/aromatic N) is 3. The zero-order valence-electron chi connectivity index (χ0n) is 6.23. The van der Waals surface area contributed by atoms with Gasteiger partial charge < -0.3 is 9.30 Å². The number of rotatable bonds is 3. The van der Waals surface area contributed by atoms with Crippen LogP contribution in [0.3, 0.4) is 0 Å². The van der Waals surface area contributed by atoms with Gasteiger partial charge in [-0.2, -0.15) is 0 Å². The highest BCUT2D eigenvalue weighted by Gasteiger charge is 2.22. The minimum atomic E-state index is 0.455. The van der Waals surface area contributed by atoms with Gasteiger partial charge in [-0.1, -0.05) is 11.8 Å². The van der Waals surface area contributed by atoms with Crippen LogP contribution in [-0.4, -0.2) is 33.2 Å².